The Balaban J connectivity index is 2.80. The van der Waals surface area contributed by atoms with Gasteiger partial charge in [0, 0.05) is 0 Å². The van der Waals surface area contributed by atoms with Gasteiger partial charge in [0.15, 0.2) is 0 Å². The summed E-state index contributed by atoms with van der Waals surface area (Å²) < 4.78 is 0. The van der Waals surface area contributed by atoms with Crippen LogP contribution in [0.5, 0.6) is 0 Å². The van der Waals surface area contributed by atoms with Crippen molar-refractivity contribution >= 4 is 0 Å². The fourth-order valence-electron chi connectivity index (χ4n) is 0.815. The largest absolute Gasteiger partial charge is 0.393 e. The van der Waals surface area contributed by atoms with E-state index in [1.807, 2.05) is 0 Å². The Morgan fingerprint density at radius 3 is 2.55 bits per heavy atom. The van der Waals surface area contributed by atoms with Crippen molar-refractivity contribution in [1.82, 2.24) is 0 Å². The second-order valence-electron chi connectivity index (χ2n) is 2.59. The first kappa shape index (κ1) is 10.8. The van der Waals surface area contributed by atoms with E-state index in [0.717, 1.165) is 25.7 Å². The molecule has 0 aliphatic heterocycles. The van der Waals surface area contributed by atoms with Crippen molar-refractivity contribution in [3.63, 3.8) is 0 Å². The van der Waals surface area contributed by atoms with E-state index in [1.54, 1.807) is 6.92 Å². The predicted molar refractivity (Wildman–Crippen MR) is 39.8 cm³/mol. The minimum absolute atomic E-state index is 0.218. The molecule has 0 aromatic rings. The summed E-state index contributed by atoms with van der Waals surface area (Å²) in [6.07, 6.45) is 3.40. The van der Waals surface area contributed by atoms with Gasteiger partial charge in [-0.25, -0.2) is 10.1 Å². The van der Waals surface area contributed by atoms with Crippen LogP contribution in [0.3, 0.4) is 0 Å². The molecule has 0 aliphatic rings. The Morgan fingerprint density at radius 1 is 1.27 bits per heavy atom. The summed E-state index contributed by atoms with van der Waals surface area (Å²) in [4.78, 5) is 4.23. The third-order valence-corrected chi connectivity index (χ3v) is 1.40. The zero-order valence-electron chi connectivity index (χ0n) is 6.82. The number of unbranched alkanes of at least 4 members (excludes halogenated alkanes) is 2. The lowest BCUT2D eigenvalue weighted by Gasteiger charge is -2.02. The van der Waals surface area contributed by atoms with Crippen molar-refractivity contribution in [2.75, 3.05) is 6.61 Å². The highest BCUT2D eigenvalue weighted by molar-refractivity contribution is 4.47. The summed E-state index contributed by atoms with van der Waals surface area (Å²) >= 11 is 0. The second kappa shape index (κ2) is 7.94. The molecule has 68 valence electrons. The highest BCUT2D eigenvalue weighted by atomic mass is 17.5. The standard InChI is InChI=1S/C7H16O4/c1-7(8)5-3-2-4-6-10-11-9/h7-9H,2-6H2,1H3. The fraction of sp³-hybridized carbons (Fsp3) is 1.00. The van der Waals surface area contributed by atoms with Crippen LogP contribution in [0.4, 0.5) is 0 Å². The van der Waals surface area contributed by atoms with E-state index in [-0.39, 0.29) is 6.10 Å². The lowest BCUT2D eigenvalue weighted by molar-refractivity contribution is -0.490. The molecular formula is C7H16O4. The quantitative estimate of drug-likeness (QED) is 0.339. The number of aliphatic hydroxyl groups is 1. The molecule has 0 fully saturated rings. The van der Waals surface area contributed by atoms with Crippen LogP contribution in [0.15, 0.2) is 0 Å². The molecule has 0 aliphatic carbocycles. The molecule has 1 atom stereocenters. The van der Waals surface area contributed by atoms with Gasteiger partial charge in [0.25, 0.3) is 0 Å². The molecule has 0 bridgehead atoms. The SMILES string of the molecule is CC(O)CCCCCOOO. The first-order chi connectivity index (χ1) is 5.27. The molecule has 2 N–H and O–H groups in total. The maximum absolute atomic E-state index is 8.86. The Hall–Kier alpha value is -0.160. The maximum atomic E-state index is 8.86. The predicted octanol–water partition coefficient (Wildman–Crippen LogP) is 1.35. The van der Waals surface area contributed by atoms with Crippen LogP contribution in [0.2, 0.25) is 0 Å². The summed E-state index contributed by atoms with van der Waals surface area (Å²) in [5, 5.41) is 20.0. The molecule has 0 spiro atoms. The topological polar surface area (TPSA) is 58.9 Å². The fourth-order valence-corrected chi connectivity index (χ4v) is 0.815. The molecule has 1 unspecified atom stereocenters. The number of hydrogen-bond acceptors (Lipinski definition) is 4. The van der Waals surface area contributed by atoms with Crippen molar-refractivity contribution < 1.29 is 20.3 Å². The van der Waals surface area contributed by atoms with Gasteiger partial charge in [-0.1, -0.05) is 17.9 Å². The van der Waals surface area contributed by atoms with Gasteiger partial charge in [0.1, 0.15) is 0 Å². The molecule has 11 heavy (non-hydrogen) atoms. The number of rotatable bonds is 7. The highest BCUT2D eigenvalue weighted by Crippen LogP contribution is 2.02. The summed E-state index contributed by atoms with van der Waals surface area (Å²) in [5.74, 6) is 0. The molecule has 4 nitrogen and oxygen atoms in total. The van der Waals surface area contributed by atoms with Gasteiger partial charge in [0.05, 0.1) is 12.7 Å². The van der Waals surface area contributed by atoms with Gasteiger partial charge in [-0.3, -0.25) is 0 Å². The molecular weight excluding hydrogens is 148 g/mol. The minimum Gasteiger partial charge on any atom is -0.393 e. The smallest absolute Gasteiger partial charge is 0.0853 e. The van der Waals surface area contributed by atoms with Gasteiger partial charge in [-0.05, 0) is 19.8 Å². The van der Waals surface area contributed by atoms with E-state index in [1.165, 1.54) is 0 Å². The average molecular weight is 164 g/mol. The van der Waals surface area contributed by atoms with Crippen LogP contribution in [-0.4, -0.2) is 23.1 Å². The number of hydrogen-bond donors (Lipinski definition) is 2. The first-order valence-corrected chi connectivity index (χ1v) is 3.88. The normalized spacial score (nSPS) is 13.4. The summed E-state index contributed by atoms with van der Waals surface area (Å²) in [6, 6.07) is 0. The zero-order chi connectivity index (χ0) is 8.53. The van der Waals surface area contributed by atoms with Crippen LogP contribution in [-0.2, 0) is 9.93 Å². The Morgan fingerprint density at radius 2 is 2.00 bits per heavy atom. The van der Waals surface area contributed by atoms with E-state index in [9.17, 15) is 0 Å². The molecule has 0 amide bonds. The van der Waals surface area contributed by atoms with Crippen molar-refractivity contribution in [2.45, 2.75) is 38.7 Å². The van der Waals surface area contributed by atoms with Crippen LogP contribution in [0.25, 0.3) is 0 Å². The Kier molecular flexibility index (Phi) is 7.83. The molecule has 0 radical (unpaired) electrons. The zero-order valence-corrected chi connectivity index (χ0v) is 6.82. The molecule has 4 heteroatoms. The minimum atomic E-state index is -0.218. The third-order valence-electron chi connectivity index (χ3n) is 1.40. The lowest BCUT2D eigenvalue weighted by atomic mass is 10.1. The van der Waals surface area contributed by atoms with Gasteiger partial charge in [-0.15, -0.1) is 0 Å². The maximum Gasteiger partial charge on any atom is 0.0853 e. The van der Waals surface area contributed by atoms with Crippen molar-refractivity contribution in [1.29, 1.82) is 0 Å². The van der Waals surface area contributed by atoms with Crippen LogP contribution in [0, 0.1) is 0 Å². The molecule has 0 aromatic heterocycles. The summed E-state index contributed by atoms with van der Waals surface area (Å²) in [5.41, 5.74) is 0. The van der Waals surface area contributed by atoms with Gasteiger partial charge in [-0.2, -0.15) is 0 Å². The van der Waals surface area contributed by atoms with E-state index < -0.39 is 0 Å². The summed E-state index contributed by atoms with van der Waals surface area (Å²) in [7, 11) is 0. The number of aliphatic hydroxyl groups excluding tert-OH is 1. The van der Waals surface area contributed by atoms with Crippen LogP contribution in [0.1, 0.15) is 32.6 Å². The van der Waals surface area contributed by atoms with E-state index >= 15 is 0 Å². The monoisotopic (exact) mass is 164 g/mol. The lowest BCUT2D eigenvalue weighted by Crippen LogP contribution is -1.99. The molecule has 0 saturated heterocycles. The van der Waals surface area contributed by atoms with Crippen LogP contribution < -0.4 is 0 Å². The van der Waals surface area contributed by atoms with E-state index in [0.29, 0.717) is 6.61 Å². The third kappa shape index (κ3) is 9.84. The average Bonchev–Trinajstić information content (AvgIpc) is 1.96. The Labute approximate surface area is 66.6 Å². The molecule has 0 rings (SSSR count). The first-order valence-electron chi connectivity index (χ1n) is 3.88. The van der Waals surface area contributed by atoms with Gasteiger partial charge in [0.2, 0.25) is 0 Å². The van der Waals surface area contributed by atoms with Crippen molar-refractivity contribution in [3.05, 3.63) is 0 Å². The van der Waals surface area contributed by atoms with Gasteiger partial charge >= 0.3 is 0 Å². The molecule has 0 heterocycles. The van der Waals surface area contributed by atoms with Crippen molar-refractivity contribution in [3.8, 4) is 0 Å². The van der Waals surface area contributed by atoms with Gasteiger partial charge < -0.3 is 5.11 Å². The summed E-state index contributed by atoms with van der Waals surface area (Å²) in [6.45, 7) is 2.17. The Bertz CT molecular complexity index is 74.8. The van der Waals surface area contributed by atoms with Crippen molar-refractivity contribution in [2.24, 2.45) is 0 Å². The van der Waals surface area contributed by atoms with Crippen LogP contribution >= 0.6 is 0 Å². The molecule has 0 aromatic carbocycles. The molecule has 0 saturated carbocycles. The van der Waals surface area contributed by atoms with E-state index in [4.69, 9.17) is 10.4 Å². The van der Waals surface area contributed by atoms with E-state index in [2.05, 4.69) is 9.93 Å². The highest BCUT2D eigenvalue weighted by Gasteiger charge is 1.95. The second-order valence-corrected chi connectivity index (χ2v) is 2.59.